The number of nitrogens with one attached hydrogen (secondary N) is 2. The van der Waals surface area contributed by atoms with Gasteiger partial charge in [0.2, 0.25) is 11.8 Å². The molecule has 2 fully saturated rings. The lowest BCUT2D eigenvalue weighted by molar-refractivity contribution is -0.132. The fourth-order valence-corrected chi connectivity index (χ4v) is 3.52. The highest BCUT2D eigenvalue weighted by atomic mass is 35.5. The summed E-state index contributed by atoms with van der Waals surface area (Å²) in [7, 11) is 0. The molecule has 0 radical (unpaired) electrons. The summed E-state index contributed by atoms with van der Waals surface area (Å²) in [5.74, 6) is -1.34. The van der Waals surface area contributed by atoms with Crippen molar-refractivity contribution in [1.29, 1.82) is 0 Å². The number of anilines is 1. The number of carbonyl (C=O) groups is 2. The first-order valence-electron chi connectivity index (χ1n) is 7.90. The third-order valence-corrected chi connectivity index (χ3v) is 5.12. The van der Waals surface area contributed by atoms with Gasteiger partial charge in [-0.25, -0.2) is 0 Å². The van der Waals surface area contributed by atoms with Crippen LogP contribution in [-0.2, 0) is 9.59 Å². The van der Waals surface area contributed by atoms with E-state index < -0.39 is 12.0 Å². The van der Waals surface area contributed by atoms with Crippen molar-refractivity contribution < 1.29 is 14.7 Å². The molecule has 2 saturated heterocycles. The maximum Gasteiger partial charge on any atom is 0.239 e. The lowest BCUT2D eigenvalue weighted by Gasteiger charge is -2.19. The molecule has 1 aromatic rings. The Balaban J connectivity index is 0.00000225. The van der Waals surface area contributed by atoms with Gasteiger partial charge in [-0.05, 0) is 24.6 Å². The Morgan fingerprint density at radius 2 is 2.12 bits per heavy atom. The van der Waals surface area contributed by atoms with Gasteiger partial charge in [-0.3, -0.25) is 9.59 Å². The zero-order valence-electron chi connectivity index (χ0n) is 13.4. The van der Waals surface area contributed by atoms with Gasteiger partial charge >= 0.3 is 0 Å². The van der Waals surface area contributed by atoms with Gasteiger partial charge < -0.3 is 20.6 Å². The minimum Gasteiger partial charge on any atom is -0.391 e. The van der Waals surface area contributed by atoms with Crippen molar-refractivity contribution in [2.45, 2.75) is 12.5 Å². The summed E-state index contributed by atoms with van der Waals surface area (Å²) in [5.41, 5.74) is 0.528. The minimum atomic E-state index is -0.730. The van der Waals surface area contributed by atoms with Gasteiger partial charge in [-0.15, -0.1) is 12.4 Å². The molecular formula is C16H20Cl3N3O3. The summed E-state index contributed by atoms with van der Waals surface area (Å²) in [6, 6.07) is 4.91. The molecule has 2 aliphatic heterocycles. The molecule has 0 aromatic heterocycles. The Morgan fingerprint density at radius 3 is 2.80 bits per heavy atom. The second-order valence-electron chi connectivity index (χ2n) is 6.16. The third kappa shape index (κ3) is 4.38. The predicted octanol–water partition coefficient (Wildman–Crippen LogP) is 1.46. The van der Waals surface area contributed by atoms with E-state index in [4.69, 9.17) is 23.2 Å². The van der Waals surface area contributed by atoms with Crippen LogP contribution in [0.5, 0.6) is 0 Å². The van der Waals surface area contributed by atoms with Crippen LogP contribution in [0.4, 0.5) is 5.69 Å². The van der Waals surface area contributed by atoms with E-state index in [0.29, 0.717) is 48.3 Å². The topological polar surface area (TPSA) is 81.7 Å². The van der Waals surface area contributed by atoms with Crippen LogP contribution in [0.1, 0.15) is 6.42 Å². The van der Waals surface area contributed by atoms with Crippen molar-refractivity contribution in [3.05, 3.63) is 28.2 Å². The number of hydrogen-bond acceptors (Lipinski definition) is 4. The van der Waals surface area contributed by atoms with E-state index in [2.05, 4.69) is 10.6 Å². The summed E-state index contributed by atoms with van der Waals surface area (Å²) in [5, 5.41) is 16.5. The van der Waals surface area contributed by atoms with E-state index in [0.717, 1.165) is 0 Å². The molecular weight excluding hydrogens is 389 g/mol. The van der Waals surface area contributed by atoms with Crippen molar-refractivity contribution in [2.24, 2.45) is 11.8 Å². The van der Waals surface area contributed by atoms with Crippen LogP contribution < -0.4 is 15.5 Å². The lowest BCUT2D eigenvalue weighted by Crippen LogP contribution is -2.40. The van der Waals surface area contributed by atoms with Gasteiger partial charge in [0.15, 0.2) is 0 Å². The van der Waals surface area contributed by atoms with Crippen molar-refractivity contribution in [3.63, 3.8) is 0 Å². The van der Waals surface area contributed by atoms with E-state index in [1.807, 2.05) is 0 Å². The maximum atomic E-state index is 12.6. The standard InChI is InChI=1S/C16H19Cl2N3O3.ClH/c17-10-1-2-12(18)13(5-10)21-4-3-11(16(21)24)15(23)20-7-9-6-19-8-14(9)22;/h1-2,5,9,11,14,19,22H,3-4,6-8H2,(H,20,23);1H. The van der Waals surface area contributed by atoms with Crippen LogP contribution in [0.15, 0.2) is 18.2 Å². The first kappa shape index (κ1) is 20.3. The molecule has 9 heteroatoms. The van der Waals surface area contributed by atoms with Crippen LogP contribution >= 0.6 is 35.6 Å². The Labute approximate surface area is 162 Å². The summed E-state index contributed by atoms with van der Waals surface area (Å²) in [6.45, 7) is 1.97. The normalized spacial score (nSPS) is 25.8. The fraction of sp³-hybridized carbons (Fsp3) is 0.500. The zero-order valence-corrected chi connectivity index (χ0v) is 15.7. The summed E-state index contributed by atoms with van der Waals surface area (Å²) >= 11 is 12.1. The third-order valence-electron chi connectivity index (χ3n) is 4.56. The zero-order chi connectivity index (χ0) is 17.3. The molecule has 25 heavy (non-hydrogen) atoms. The number of carbonyl (C=O) groups excluding carboxylic acids is 2. The highest BCUT2D eigenvalue weighted by Crippen LogP contribution is 2.33. The first-order valence-corrected chi connectivity index (χ1v) is 8.66. The molecule has 138 valence electrons. The number of halogens is 3. The Bertz CT molecular complexity index is 659. The van der Waals surface area contributed by atoms with Crippen molar-refractivity contribution in [1.82, 2.24) is 10.6 Å². The number of benzene rings is 1. The van der Waals surface area contributed by atoms with E-state index in [1.54, 1.807) is 18.2 Å². The van der Waals surface area contributed by atoms with Gasteiger partial charge in [0.25, 0.3) is 0 Å². The maximum absolute atomic E-state index is 12.6. The van der Waals surface area contributed by atoms with Gasteiger partial charge in [0.1, 0.15) is 5.92 Å². The number of β-amino-alcohol motifs (C(OH)–C–C–N with tert-alkyl or cyclic N) is 1. The average Bonchev–Trinajstić information content (AvgIpc) is 3.13. The van der Waals surface area contributed by atoms with E-state index >= 15 is 0 Å². The largest absolute Gasteiger partial charge is 0.391 e. The fourth-order valence-electron chi connectivity index (χ4n) is 3.14. The molecule has 0 spiro atoms. The Kier molecular flexibility index (Phi) is 6.93. The van der Waals surface area contributed by atoms with E-state index in [-0.39, 0.29) is 30.1 Å². The van der Waals surface area contributed by atoms with E-state index in [9.17, 15) is 14.7 Å². The molecule has 3 rings (SSSR count). The summed E-state index contributed by atoms with van der Waals surface area (Å²) in [6.07, 6.45) is -0.0368. The molecule has 2 amide bonds. The molecule has 6 nitrogen and oxygen atoms in total. The Morgan fingerprint density at radius 1 is 1.36 bits per heavy atom. The number of rotatable bonds is 4. The minimum absolute atomic E-state index is 0. The molecule has 1 aromatic carbocycles. The van der Waals surface area contributed by atoms with Gasteiger partial charge in [0.05, 0.1) is 16.8 Å². The van der Waals surface area contributed by atoms with Crippen molar-refractivity contribution in [2.75, 3.05) is 31.1 Å². The Hall–Kier alpha value is -1.05. The molecule has 3 N–H and O–H groups in total. The molecule has 0 aliphatic carbocycles. The molecule has 3 unspecified atom stereocenters. The van der Waals surface area contributed by atoms with Crippen molar-refractivity contribution >= 4 is 53.1 Å². The quantitative estimate of drug-likeness (QED) is 0.659. The number of nitrogens with zero attached hydrogens (tertiary/aromatic N) is 1. The summed E-state index contributed by atoms with van der Waals surface area (Å²) in [4.78, 5) is 26.4. The SMILES string of the molecule is Cl.O=C(NCC1CNCC1O)C1CCN(c2cc(Cl)ccc2Cl)C1=O. The van der Waals surface area contributed by atoms with E-state index in [1.165, 1.54) is 4.90 Å². The van der Waals surface area contributed by atoms with Gasteiger partial charge in [-0.1, -0.05) is 23.2 Å². The highest BCUT2D eigenvalue weighted by Gasteiger charge is 2.38. The lowest BCUT2D eigenvalue weighted by atomic mass is 10.0. The van der Waals surface area contributed by atoms with Gasteiger partial charge in [-0.2, -0.15) is 0 Å². The van der Waals surface area contributed by atoms with Crippen LogP contribution in [0.2, 0.25) is 10.0 Å². The average molecular weight is 409 g/mol. The van der Waals surface area contributed by atoms with Crippen LogP contribution in [0, 0.1) is 11.8 Å². The first-order chi connectivity index (χ1) is 11.5. The monoisotopic (exact) mass is 407 g/mol. The van der Waals surface area contributed by atoms with Crippen molar-refractivity contribution in [3.8, 4) is 0 Å². The van der Waals surface area contributed by atoms with Crippen LogP contribution in [-0.4, -0.2) is 49.2 Å². The van der Waals surface area contributed by atoms with Crippen LogP contribution in [0.3, 0.4) is 0 Å². The van der Waals surface area contributed by atoms with Crippen LogP contribution in [0.25, 0.3) is 0 Å². The van der Waals surface area contributed by atoms with Gasteiger partial charge in [0, 0.05) is 37.1 Å². The smallest absolute Gasteiger partial charge is 0.239 e. The summed E-state index contributed by atoms with van der Waals surface area (Å²) < 4.78 is 0. The predicted molar refractivity (Wildman–Crippen MR) is 99.5 cm³/mol. The number of aliphatic hydroxyl groups excluding tert-OH is 1. The number of hydrogen-bond donors (Lipinski definition) is 3. The molecule has 2 aliphatic rings. The second kappa shape index (κ2) is 8.56. The molecule has 3 atom stereocenters. The molecule has 0 bridgehead atoms. The molecule has 0 saturated carbocycles. The second-order valence-corrected chi connectivity index (χ2v) is 7.00. The number of aliphatic hydroxyl groups is 1. The highest BCUT2D eigenvalue weighted by molar-refractivity contribution is 6.36. The number of amides is 2. The molecule has 2 heterocycles.